The highest BCUT2D eigenvalue weighted by molar-refractivity contribution is 5.85. The van der Waals surface area contributed by atoms with Gasteiger partial charge in [0.05, 0.1) is 31.0 Å². The lowest BCUT2D eigenvalue weighted by molar-refractivity contribution is 0.118. The number of anilines is 1. The minimum Gasteiger partial charge on any atom is -0.391 e. The molecule has 0 spiro atoms. The maximum atomic E-state index is 10.6. The fourth-order valence-electron chi connectivity index (χ4n) is 4.59. The van der Waals surface area contributed by atoms with Gasteiger partial charge in [0.25, 0.3) is 0 Å². The van der Waals surface area contributed by atoms with Gasteiger partial charge in [-0.05, 0) is 50.1 Å². The van der Waals surface area contributed by atoms with Crippen LogP contribution in [0.1, 0.15) is 29.3 Å². The maximum Gasteiger partial charge on any atom is 0.159 e. The van der Waals surface area contributed by atoms with Gasteiger partial charge in [0.1, 0.15) is 11.6 Å². The molecular formula is C22H29ClN6O2. The van der Waals surface area contributed by atoms with Crippen LogP contribution < -0.4 is 10.2 Å². The molecule has 0 aliphatic carbocycles. The number of benzene rings is 1. The summed E-state index contributed by atoms with van der Waals surface area (Å²) in [5, 5.41) is 19.5. The number of piperidine rings is 1. The van der Waals surface area contributed by atoms with Crippen molar-refractivity contribution < 1.29 is 9.84 Å². The van der Waals surface area contributed by atoms with E-state index in [0.29, 0.717) is 19.8 Å². The Bertz CT molecular complexity index is 1070. The zero-order valence-corrected chi connectivity index (χ0v) is 18.7. The van der Waals surface area contributed by atoms with Gasteiger partial charge in [-0.2, -0.15) is 5.10 Å². The molecule has 2 N–H and O–H groups in total. The predicted molar refractivity (Wildman–Crippen MR) is 123 cm³/mol. The number of rotatable bonds is 3. The summed E-state index contributed by atoms with van der Waals surface area (Å²) in [4.78, 5) is 11.5. The summed E-state index contributed by atoms with van der Waals surface area (Å²) in [7, 11) is 0. The van der Waals surface area contributed by atoms with Crippen molar-refractivity contribution in [1.29, 1.82) is 0 Å². The first-order valence-electron chi connectivity index (χ1n) is 10.7. The molecule has 2 fully saturated rings. The zero-order valence-electron chi connectivity index (χ0n) is 17.9. The van der Waals surface area contributed by atoms with Crippen LogP contribution in [0.3, 0.4) is 0 Å². The Kier molecular flexibility index (Phi) is 6.43. The number of ether oxygens (including phenoxy) is 1. The normalized spacial score (nSPS) is 21.8. The molecular weight excluding hydrogens is 416 g/mol. The molecule has 2 saturated heterocycles. The van der Waals surface area contributed by atoms with Crippen molar-refractivity contribution in [3.63, 3.8) is 0 Å². The Morgan fingerprint density at radius 1 is 1.10 bits per heavy atom. The second-order valence-corrected chi connectivity index (χ2v) is 8.22. The largest absolute Gasteiger partial charge is 0.391 e. The fourth-order valence-corrected chi connectivity index (χ4v) is 4.59. The molecule has 166 valence electrons. The van der Waals surface area contributed by atoms with Crippen LogP contribution in [0.25, 0.3) is 16.7 Å². The van der Waals surface area contributed by atoms with Crippen LogP contribution in [0.15, 0.2) is 24.4 Å². The van der Waals surface area contributed by atoms with E-state index in [2.05, 4.69) is 44.3 Å². The van der Waals surface area contributed by atoms with Crippen LogP contribution in [0.2, 0.25) is 0 Å². The van der Waals surface area contributed by atoms with E-state index in [1.54, 1.807) is 0 Å². The summed E-state index contributed by atoms with van der Waals surface area (Å²) >= 11 is 0. The van der Waals surface area contributed by atoms with Crippen molar-refractivity contribution in [1.82, 2.24) is 25.1 Å². The molecule has 0 saturated carbocycles. The van der Waals surface area contributed by atoms with Gasteiger partial charge in [0, 0.05) is 37.0 Å². The van der Waals surface area contributed by atoms with Crippen LogP contribution in [-0.2, 0) is 4.74 Å². The lowest BCUT2D eigenvalue weighted by Crippen LogP contribution is -2.39. The third-order valence-electron chi connectivity index (χ3n) is 6.17. The molecule has 0 amide bonds. The first-order chi connectivity index (χ1) is 14.6. The third-order valence-corrected chi connectivity index (χ3v) is 6.17. The Morgan fingerprint density at radius 3 is 2.65 bits per heavy atom. The van der Waals surface area contributed by atoms with Gasteiger partial charge in [-0.3, -0.25) is 0 Å². The summed E-state index contributed by atoms with van der Waals surface area (Å²) in [6.07, 6.45) is 2.44. The molecule has 8 nitrogen and oxygen atoms in total. The standard InChI is InChI=1S/C22H28N6O2.ClH/c1-14-9-16-12-24-28(19(16)10-18(14)17-3-4-23-13-20(17)29)22-11-21(25-15(2)26-22)27-5-7-30-8-6-27;/h9-12,17,20,23,29H,3-8,13H2,1-2H3;1H. The highest BCUT2D eigenvalue weighted by Gasteiger charge is 2.26. The third kappa shape index (κ3) is 4.25. The second kappa shape index (κ2) is 9.08. The quantitative estimate of drug-likeness (QED) is 0.639. The summed E-state index contributed by atoms with van der Waals surface area (Å²) < 4.78 is 7.37. The van der Waals surface area contributed by atoms with E-state index in [-0.39, 0.29) is 24.4 Å². The monoisotopic (exact) mass is 444 g/mol. The highest BCUT2D eigenvalue weighted by atomic mass is 35.5. The Morgan fingerprint density at radius 2 is 1.87 bits per heavy atom. The Labute approximate surface area is 188 Å². The molecule has 3 aromatic rings. The van der Waals surface area contributed by atoms with E-state index >= 15 is 0 Å². The van der Waals surface area contributed by atoms with E-state index in [4.69, 9.17) is 4.74 Å². The number of hydrogen-bond acceptors (Lipinski definition) is 7. The molecule has 1 aromatic carbocycles. The molecule has 5 rings (SSSR count). The number of nitrogens with zero attached hydrogens (tertiary/aromatic N) is 5. The van der Waals surface area contributed by atoms with E-state index in [1.807, 2.05) is 23.9 Å². The molecule has 2 aliphatic heterocycles. The van der Waals surface area contributed by atoms with Gasteiger partial charge in [-0.25, -0.2) is 14.6 Å². The summed E-state index contributed by atoms with van der Waals surface area (Å²) in [5.74, 6) is 2.53. The summed E-state index contributed by atoms with van der Waals surface area (Å²) in [6, 6.07) is 6.35. The van der Waals surface area contributed by atoms with Crippen LogP contribution in [0, 0.1) is 13.8 Å². The van der Waals surface area contributed by atoms with Crippen LogP contribution in [-0.4, -0.2) is 70.4 Å². The van der Waals surface area contributed by atoms with Gasteiger partial charge in [-0.1, -0.05) is 0 Å². The van der Waals surface area contributed by atoms with Crippen LogP contribution in [0.5, 0.6) is 0 Å². The van der Waals surface area contributed by atoms with Crippen LogP contribution in [0.4, 0.5) is 5.82 Å². The van der Waals surface area contributed by atoms with E-state index in [9.17, 15) is 5.11 Å². The van der Waals surface area contributed by atoms with Crippen molar-refractivity contribution in [2.45, 2.75) is 32.3 Å². The van der Waals surface area contributed by atoms with Crippen molar-refractivity contribution in [3.8, 4) is 5.82 Å². The number of nitrogens with one attached hydrogen (secondary N) is 1. The van der Waals surface area contributed by atoms with Gasteiger partial charge in [-0.15, -0.1) is 12.4 Å². The van der Waals surface area contributed by atoms with E-state index in [0.717, 1.165) is 54.4 Å². The molecule has 31 heavy (non-hydrogen) atoms. The molecule has 9 heteroatoms. The predicted octanol–water partition coefficient (Wildman–Crippen LogP) is 2.13. The van der Waals surface area contributed by atoms with Gasteiger partial charge >= 0.3 is 0 Å². The summed E-state index contributed by atoms with van der Waals surface area (Å²) in [5.41, 5.74) is 3.39. The lowest BCUT2D eigenvalue weighted by Gasteiger charge is -2.30. The molecule has 4 heterocycles. The highest BCUT2D eigenvalue weighted by Crippen LogP contribution is 2.32. The number of fused-ring (bicyclic) bond motifs is 1. The summed E-state index contributed by atoms with van der Waals surface area (Å²) in [6.45, 7) is 8.67. The zero-order chi connectivity index (χ0) is 20.7. The lowest BCUT2D eigenvalue weighted by atomic mass is 9.85. The second-order valence-electron chi connectivity index (χ2n) is 8.22. The maximum absolute atomic E-state index is 10.6. The minimum absolute atomic E-state index is 0. The van der Waals surface area contributed by atoms with Crippen molar-refractivity contribution in [2.75, 3.05) is 44.3 Å². The van der Waals surface area contributed by atoms with Crippen molar-refractivity contribution >= 4 is 29.1 Å². The molecule has 0 radical (unpaired) electrons. The van der Waals surface area contributed by atoms with Gasteiger partial charge < -0.3 is 20.1 Å². The number of hydrogen-bond donors (Lipinski definition) is 2. The molecule has 2 atom stereocenters. The van der Waals surface area contributed by atoms with Crippen LogP contribution >= 0.6 is 12.4 Å². The molecule has 2 unspecified atom stereocenters. The van der Waals surface area contributed by atoms with Gasteiger partial charge in [0.15, 0.2) is 5.82 Å². The number of morpholine rings is 1. The minimum atomic E-state index is -0.375. The average molecular weight is 445 g/mol. The number of halogens is 1. The molecule has 0 bridgehead atoms. The molecule has 2 aromatic heterocycles. The topological polar surface area (TPSA) is 88.3 Å². The van der Waals surface area contributed by atoms with E-state index in [1.165, 1.54) is 11.1 Å². The number of aryl methyl sites for hydroxylation is 2. The van der Waals surface area contributed by atoms with Gasteiger partial charge in [0.2, 0.25) is 0 Å². The number of aliphatic hydroxyl groups excluding tert-OH is 1. The fraction of sp³-hybridized carbons (Fsp3) is 0.500. The van der Waals surface area contributed by atoms with E-state index < -0.39 is 0 Å². The first kappa shape index (κ1) is 22.0. The number of aliphatic hydroxyl groups is 1. The average Bonchev–Trinajstić information content (AvgIpc) is 3.16. The SMILES string of the molecule is Cc1nc(N2CCOCC2)cc(-n2ncc3cc(C)c(C4CCNCC4O)cc32)n1.Cl. The van der Waals surface area contributed by atoms with Crippen molar-refractivity contribution in [2.24, 2.45) is 0 Å². The Balaban J connectivity index is 0.00000231. The number of β-amino-alcohol motifs (C(OH)–C–C–N with tert-alkyl or cyclic N) is 1. The Hall–Kier alpha value is -2.26. The smallest absolute Gasteiger partial charge is 0.159 e. The first-order valence-corrected chi connectivity index (χ1v) is 10.7. The van der Waals surface area contributed by atoms with Crippen molar-refractivity contribution in [3.05, 3.63) is 41.3 Å². The molecule has 2 aliphatic rings. The number of aromatic nitrogens is 4.